The third kappa shape index (κ3) is 3.47. The highest BCUT2D eigenvalue weighted by atomic mass is 32.1. The lowest BCUT2D eigenvalue weighted by Crippen LogP contribution is -2.19. The van der Waals surface area contributed by atoms with Crippen molar-refractivity contribution in [3.63, 3.8) is 0 Å². The number of thiophene rings is 1. The number of hydrogen-bond donors (Lipinski definition) is 1. The van der Waals surface area contributed by atoms with Crippen molar-refractivity contribution < 1.29 is 4.79 Å². The smallest absolute Gasteiger partial charge is 0.265 e. The number of nitrogens with one attached hydrogen (secondary N) is 1. The molecule has 0 atom stereocenters. The summed E-state index contributed by atoms with van der Waals surface area (Å²) in [4.78, 5) is 30.7. The Balaban J connectivity index is 1.80. The second kappa shape index (κ2) is 7.29. The zero-order valence-corrected chi connectivity index (χ0v) is 17.6. The number of pyridine rings is 2. The highest BCUT2D eigenvalue weighted by Crippen LogP contribution is 2.27. The molecule has 0 unspecified atom stereocenters. The van der Waals surface area contributed by atoms with E-state index in [2.05, 4.69) is 10.3 Å². The fraction of sp³-hybridized carbons (Fsp3) is 0.174. The lowest BCUT2D eigenvalue weighted by Gasteiger charge is -2.13. The summed E-state index contributed by atoms with van der Waals surface area (Å²) in [5.74, 6) is -0.140. The Labute approximate surface area is 172 Å². The third-order valence-electron chi connectivity index (χ3n) is 5.10. The minimum atomic E-state index is -0.140. The number of carbonyl (C=O) groups excluding carboxylic acids is 1. The number of aromatic nitrogens is 2. The van der Waals surface area contributed by atoms with E-state index in [0.717, 1.165) is 33.3 Å². The van der Waals surface area contributed by atoms with Crippen molar-refractivity contribution in [3.05, 3.63) is 80.0 Å². The normalized spacial score (nSPS) is 11.0. The van der Waals surface area contributed by atoms with Gasteiger partial charge in [0.05, 0.1) is 10.4 Å². The number of aryl methyl sites for hydroxylation is 4. The summed E-state index contributed by atoms with van der Waals surface area (Å²) in [6.07, 6.45) is 1.79. The van der Waals surface area contributed by atoms with Crippen LogP contribution in [-0.4, -0.2) is 15.5 Å². The van der Waals surface area contributed by atoms with Crippen molar-refractivity contribution in [3.8, 4) is 11.1 Å². The van der Waals surface area contributed by atoms with Crippen LogP contribution >= 0.6 is 11.3 Å². The van der Waals surface area contributed by atoms with Gasteiger partial charge in [-0.3, -0.25) is 14.6 Å². The molecule has 3 heterocycles. The molecule has 1 amide bonds. The van der Waals surface area contributed by atoms with Crippen LogP contribution in [0.3, 0.4) is 0 Å². The Morgan fingerprint density at radius 3 is 2.55 bits per heavy atom. The van der Waals surface area contributed by atoms with Crippen LogP contribution in [0.15, 0.2) is 52.8 Å². The van der Waals surface area contributed by atoms with E-state index >= 15 is 0 Å². The second-order valence-corrected chi connectivity index (χ2v) is 8.14. The van der Waals surface area contributed by atoms with Gasteiger partial charge in [-0.1, -0.05) is 6.07 Å². The first-order valence-corrected chi connectivity index (χ1v) is 10.2. The molecule has 0 aliphatic heterocycles. The average molecular weight is 404 g/mol. The number of hydrogen-bond acceptors (Lipinski definition) is 4. The maximum atomic E-state index is 13.1. The SMILES string of the molecule is Cc1cc2c(cn1)cc(-c1cc(NC(=O)c3sccc3C)ccc1C)c(=O)n2C. The van der Waals surface area contributed by atoms with E-state index in [9.17, 15) is 9.59 Å². The van der Waals surface area contributed by atoms with Crippen molar-refractivity contribution in [1.29, 1.82) is 0 Å². The first kappa shape index (κ1) is 19.1. The van der Waals surface area contributed by atoms with E-state index < -0.39 is 0 Å². The first-order chi connectivity index (χ1) is 13.8. The van der Waals surface area contributed by atoms with Gasteiger partial charge in [0, 0.05) is 35.6 Å². The van der Waals surface area contributed by atoms with Gasteiger partial charge in [0.25, 0.3) is 11.5 Å². The van der Waals surface area contributed by atoms with Gasteiger partial charge in [0.2, 0.25) is 0 Å². The minimum Gasteiger partial charge on any atom is -0.321 e. The maximum Gasteiger partial charge on any atom is 0.265 e. The maximum absolute atomic E-state index is 13.1. The second-order valence-electron chi connectivity index (χ2n) is 7.22. The summed E-state index contributed by atoms with van der Waals surface area (Å²) in [5.41, 5.74) is 5.60. The van der Waals surface area contributed by atoms with Crippen LogP contribution in [0.2, 0.25) is 0 Å². The quantitative estimate of drug-likeness (QED) is 0.532. The Morgan fingerprint density at radius 1 is 1.03 bits per heavy atom. The number of amides is 1. The van der Waals surface area contributed by atoms with E-state index in [-0.39, 0.29) is 11.5 Å². The van der Waals surface area contributed by atoms with Crippen molar-refractivity contribution >= 4 is 33.8 Å². The van der Waals surface area contributed by atoms with Crippen molar-refractivity contribution in [2.24, 2.45) is 7.05 Å². The summed E-state index contributed by atoms with van der Waals surface area (Å²) in [6.45, 7) is 5.78. The largest absolute Gasteiger partial charge is 0.321 e. The molecular weight excluding hydrogens is 382 g/mol. The molecule has 0 saturated heterocycles. The minimum absolute atomic E-state index is 0.0798. The molecule has 0 spiro atoms. The van der Waals surface area contributed by atoms with E-state index in [4.69, 9.17) is 0 Å². The standard InChI is InChI=1S/C23H21N3O2S/c1-13-5-6-17(25-22(27)21-14(2)7-8-29-21)11-18(13)19-10-16-12-24-15(3)9-20(16)26(4)23(19)28/h5-12H,1-4H3,(H,25,27). The molecular formula is C23H21N3O2S. The van der Waals surface area contributed by atoms with E-state index in [0.29, 0.717) is 16.1 Å². The molecule has 0 bridgehead atoms. The van der Waals surface area contributed by atoms with Crippen molar-refractivity contribution in [1.82, 2.24) is 9.55 Å². The molecule has 146 valence electrons. The number of nitrogens with zero attached hydrogens (tertiary/aromatic N) is 2. The van der Waals surface area contributed by atoms with Gasteiger partial charge in [-0.2, -0.15) is 0 Å². The molecule has 29 heavy (non-hydrogen) atoms. The van der Waals surface area contributed by atoms with E-state index in [1.165, 1.54) is 11.3 Å². The van der Waals surface area contributed by atoms with Crippen LogP contribution in [0.4, 0.5) is 5.69 Å². The zero-order valence-electron chi connectivity index (χ0n) is 16.7. The van der Waals surface area contributed by atoms with Gasteiger partial charge in [0.15, 0.2) is 0 Å². The number of rotatable bonds is 3. The molecule has 5 nitrogen and oxygen atoms in total. The Hall–Kier alpha value is -3.25. The molecule has 0 aliphatic carbocycles. The zero-order chi connectivity index (χ0) is 20.7. The summed E-state index contributed by atoms with van der Waals surface area (Å²) in [7, 11) is 1.77. The van der Waals surface area contributed by atoms with Gasteiger partial charge in [-0.05, 0) is 73.2 Å². The first-order valence-electron chi connectivity index (χ1n) is 9.28. The van der Waals surface area contributed by atoms with Gasteiger partial charge >= 0.3 is 0 Å². The summed E-state index contributed by atoms with van der Waals surface area (Å²) in [6, 6.07) is 11.4. The molecule has 1 N–H and O–H groups in total. The molecule has 0 radical (unpaired) electrons. The van der Waals surface area contributed by atoms with Crippen molar-refractivity contribution in [2.75, 3.05) is 5.32 Å². The fourth-order valence-electron chi connectivity index (χ4n) is 3.44. The molecule has 6 heteroatoms. The average Bonchev–Trinajstić information content (AvgIpc) is 3.13. The molecule has 4 aromatic rings. The monoisotopic (exact) mass is 403 g/mol. The highest BCUT2D eigenvalue weighted by Gasteiger charge is 2.15. The molecule has 0 aliphatic rings. The van der Waals surface area contributed by atoms with Crippen molar-refractivity contribution in [2.45, 2.75) is 20.8 Å². The molecule has 4 rings (SSSR count). The van der Waals surface area contributed by atoms with Crippen LogP contribution < -0.4 is 10.9 Å². The van der Waals surface area contributed by atoms with Crippen LogP contribution in [0.1, 0.15) is 26.5 Å². The fourth-order valence-corrected chi connectivity index (χ4v) is 4.26. The lowest BCUT2D eigenvalue weighted by atomic mass is 9.99. The Morgan fingerprint density at radius 2 is 1.83 bits per heavy atom. The van der Waals surface area contributed by atoms with E-state index in [1.807, 2.05) is 62.5 Å². The topological polar surface area (TPSA) is 64.0 Å². The molecule has 3 aromatic heterocycles. The van der Waals surface area contributed by atoms with Gasteiger partial charge in [-0.25, -0.2) is 0 Å². The van der Waals surface area contributed by atoms with Gasteiger partial charge in [0.1, 0.15) is 0 Å². The lowest BCUT2D eigenvalue weighted by molar-refractivity contribution is 0.103. The number of benzene rings is 1. The van der Waals surface area contributed by atoms with E-state index in [1.54, 1.807) is 17.8 Å². The molecule has 0 fully saturated rings. The van der Waals surface area contributed by atoms with Crippen LogP contribution in [0.5, 0.6) is 0 Å². The van der Waals surface area contributed by atoms with Crippen LogP contribution in [0.25, 0.3) is 22.0 Å². The van der Waals surface area contributed by atoms with Gasteiger partial charge < -0.3 is 9.88 Å². The third-order valence-corrected chi connectivity index (χ3v) is 6.11. The summed E-state index contributed by atoms with van der Waals surface area (Å²) >= 11 is 1.42. The Bertz CT molecular complexity index is 1320. The number of carbonyl (C=O) groups is 1. The van der Waals surface area contributed by atoms with Crippen LogP contribution in [0, 0.1) is 20.8 Å². The molecule has 1 aromatic carbocycles. The summed E-state index contributed by atoms with van der Waals surface area (Å²) < 4.78 is 1.65. The Kier molecular flexibility index (Phi) is 4.80. The summed E-state index contributed by atoms with van der Waals surface area (Å²) in [5, 5.41) is 5.75. The predicted molar refractivity (Wildman–Crippen MR) is 119 cm³/mol. The number of fused-ring (bicyclic) bond motifs is 1. The van der Waals surface area contributed by atoms with Gasteiger partial charge in [-0.15, -0.1) is 11.3 Å². The highest BCUT2D eigenvalue weighted by molar-refractivity contribution is 7.12. The van der Waals surface area contributed by atoms with Crippen LogP contribution in [-0.2, 0) is 7.05 Å². The predicted octanol–water partition coefficient (Wildman–Crippen LogP) is 4.84. The molecule has 0 saturated carbocycles. The number of anilines is 1.